The predicted molar refractivity (Wildman–Crippen MR) is 109 cm³/mol. The summed E-state index contributed by atoms with van der Waals surface area (Å²) in [6.45, 7) is 4.57. The van der Waals surface area contributed by atoms with Crippen LogP contribution in [0.2, 0.25) is 0 Å². The van der Waals surface area contributed by atoms with Gasteiger partial charge in [-0.1, -0.05) is 48.5 Å². The minimum Gasteiger partial charge on any atom is -0.488 e. The van der Waals surface area contributed by atoms with Crippen molar-refractivity contribution in [2.75, 3.05) is 13.2 Å². The van der Waals surface area contributed by atoms with Crippen LogP contribution in [0.5, 0.6) is 5.75 Å². The fraction of sp³-hybridized carbons (Fsp3) is 0.217. The molecule has 1 N–H and O–H groups in total. The molecule has 0 unspecified atom stereocenters. The lowest BCUT2D eigenvalue weighted by atomic mass is 10.0. The van der Waals surface area contributed by atoms with Crippen LogP contribution < -0.4 is 10.3 Å². The number of nitrogens with one attached hydrogen (secondary N) is 1. The van der Waals surface area contributed by atoms with E-state index in [1.807, 2.05) is 36.1 Å². The number of carbonyl (C=O) groups excluding carboxylic acids is 1. The summed E-state index contributed by atoms with van der Waals surface area (Å²) in [7, 11) is 0. The quantitative estimate of drug-likeness (QED) is 0.734. The molecule has 28 heavy (non-hydrogen) atoms. The molecule has 2 aromatic carbocycles. The van der Waals surface area contributed by atoms with Gasteiger partial charge >= 0.3 is 0 Å². The van der Waals surface area contributed by atoms with Crippen LogP contribution in [0.3, 0.4) is 0 Å². The van der Waals surface area contributed by atoms with E-state index in [0.717, 1.165) is 22.3 Å². The van der Waals surface area contributed by atoms with E-state index in [2.05, 4.69) is 29.2 Å². The summed E-state index contributed by atoms with van der Waals surface area (Å²) in [5.41, 5.74) is 4.38. The second-order valence-electron chi connectivity index (χ2n) is 6.65. The normalized spacial score (nSPS) is 12.4. The summed E-state index contributed by atoms with van der Waals surface area (Å²) in [5.74, 6) is -0.137. The van der Waals surface area contributed by atoms with Crippen molar-refractivity contribution in [2.24, 2.45) is 0 Å². The molecule has 0 saturated carbocycles. The maximum Gasteiger partial charge on any atom is 0.291 e. The first-order valence-electron chi connectivity index (χ1n) is 9.51. The molecule has 0 atom stereocenters. The van der Waals surface area contributed by atoms with E-state index < -0.39 is 5.56 Å². The van der Waals surface area contributed by atoms with Crippen LogP contribution in [0.4, 0.5) is 0 Å². The van der Waals surface area contributed by atoms with Gasteiger partial charge in [-0.05, 0) is 42.2 Å². The Balaban J connectivity index is 1.84. The highest BCUT2D eigenvalue weighted by atomic mass is 16.5. The average Bonchev–Trinajstić information content (AvgIpc) is 3.05. The van der Waals surface area contributed by atoms with Gasteiger partial charge in [-0.15, -0.1) is 0 Å². The van der Waals surface area contributed by atoms with Crippen LogP contribution in [0.1, 0.15) is 41.4 Å². The second-order valence-corrected chi connectivity index (χ2v) is 6.65. The van der Waals surface area contributed by atoms with Crippen molar-refractivity contribution in [1.82, 2.24) is 9.88 Å². The van der Waals surface area contributed by atoms with Gasteiger partial charge in [-0.25, -0.2) is 0 Å². The van der Waals surface area contributed by atoms with Gasteiger partial charge in [0.2, 0.25) is 0 Å². The third kappa shape index (κ3) is 2.80. The lowest BCUT2D eigenvalue weighted by molar-refractivity contribution is 0.0715. The summed E-state index contributed by atoms with van der Waals surface area (Å²) >= 11 is 0. The molecule has 142 valence electrons. The number of ether oxygens (including phenoxy) is 1. The van der Waals surface area contributed by atoms with E-state index in [-0.39, 0.29) is 23.3 Å². The smallest absolute Gasteiger partial charge is 0.291 e. The van der Waals surface area contributed by atoms with Crippen LogP contribution in [0.15, 0.2) is 65.6 Å². The van der Waals surface area contributed by atoms with Crippen molar-refractivity contribution >= 4 is 5.91 Å². The molecule has 3 aromatic rings. The fourth-order valence-corrected chi connectivity index (χ4v) is 3.98. The van der Waals surface area contributed by atoms with E-state index >= 15 is 0 Å². The van der Waals surface area contributed by atoms with Crippen LogP contribution >= 0.6 is 0 Å². The van der Waals surface area contributed by atoms with Crippen LogP contribution in [0, 0.1) is 0 Å². The van der Waals surface area contributed by atoms with Crippen molar-refractivity contribution < 1.29 is 9.53 Å². The van der Waals surface area contributed by atoms with E-state index in [1.165, 1.54) is 6.20 Å². The standard InChI is InChI=1S/C23H22N2O3/c1-3-25(23(27)19-13-14-24-22(26)21(19)28-4-2)20-17-11-7-5-9-15(17)16-10-6-8-12-18(16)20/h5-14,20H,3-4H2,1-2H3,(H,24,26). The van der Waals surface area contributed by atoms with E-state index in [0.29, 0.717) is 13.2 Å². The van der Waals surface area contributed by atoms with Gasteiger partial charge in [0, 0.05) is 12.7 Å². The van der Waals surface area contributed by atoms with Gasteiger partial charge in [0.25, 0.3) is 11.5 Å². The molecule has 0 fully saturated rings. The Bertz CT molecular complexity index is 1040. The summed E-state index contributed by atoms with van der Waals surface area (Å²) < 4.78 is 5.49. The number of benzene rings is 2. The molecule has 5 nitrogen and oxygen atoms in total. The molecule has 1 aliphatic carbocycles. The number of hydrogen-bond donors (Lipinski definition) is 1. The number of hydrogen-bond acceptors (Lipinski definition) is 3. The molecule has 0 bridgehead atoms. The Kier molecular flexibility index (Phi) is 4.74. The first-order valence-corrected chi connectivity index (χ1v) is 9.51. The Labute approximate surface area is 163 Å². The highest BCUT2D eigenvalue weighted by Crippen LogP contribution is 2.46. The van der Waals surface area contributed by atoms with Gasteiger partial charge in [-0.3, -0.25) is 9.59 Å². The number of pyridine rings is 1. The molecule has 1 amide bonds. The lowest BCUT2D eigenvalue weighted by Gasteiger charge is -2.30. The zero-order valence-electron chi connectivity index (χ0n) is 15.9. The second kappa shape index (κ2) is 7.35. The highest BCUT2D eigenvalue weighted by molar-refractivity contribution is 5.98. The Morgan fingerprint density at radius 3 is 2.18 bits per heavy atom. The van der Waals surface area contributed by atoms with Crippen molar-refractivity contribution in [3.63, 3.8) is 0 Å². The van der Waals surface area contributed by atoms with Crippen LogP contribution in [-0.2, 0) is 0 Å². The lowest BCUT2D eigenvalue weighted by Crippen LogP contribution is -2.35. The molecule has 0 aliphatic heterocycles. The molecule has 4 rings (SSSR count). The number of nitrogens with zero attached hydrogens (tertiary/aromatic N) is 1. The van der Waals surface area contributed by atoms with Crippen molar-refractivity contribution in [3.05, 3.63) is 87.8 Å². The fourth-order valence-electron chi connectivity index (χ4n) is 3.98. The molecule has 1 heterocycles. The van der Waals surface area contributed by atoms with Crippen molar-refractivity contribution in [3.8, 4) is 16.9 Å². The third-order valence-corrected chi connectivity index (χ3v) is 5.15. The molecule has 0 spiro atoms. The number of carbonyl (C=O) groups is 1. The molecule has 5 heteroatoms. The van der Waals surface area contributed by atoms with E-state index in [4.69, 9.17) is 4.74 Å². The van der Waals surface area contributed by atoms with Gasteiger partial charge in [0.15, 0.2) is 5.75 Å². The van der Waals surface area contributed by atoms with Crippen LogP contribution in [-0.4, -0.2) is 28.9 Å². The maximum absolute atomic E-state index is 13.5. The van der Waals surface area contributed by atoms with Gasteiger partial charge in [0.1, 0.15) is 0 Å². The van der Waals surface area contributed by atoms with Crippen molar-refractivity contribution in [2.45, 2.75) is 19.9 Å². The summed E-state index contributed by atoms with van der Waals surface area (Å²) in [4.78, 5) is 30.1. The minimum absolute atomic E-state index is 0.0769. The van der Waals surface area contributed by atoms with E-state index in [9.17, 15) is 9.59 Å². The zero-order chi connectivity index (χ0) is 19.7. The number of amides is 1. The van der Waals surface area contributed by atoms with E-state index in [1.54, 1.807) is 13.0 Å². The van der Waals surface area contributed by atoms with Crippen molar-refractivity contribution in [1.29, 1.82) is 0 Å². The first-order chi connectivity index (χ1) is 13.7. The van der Waals surface area contributed by atoms with Crippen LogP contribution in [0.25, 0.3) is 11.1 Å². The molecule has 0 saturated heterocycles. The molecule has 1 aliphatic rings. The number of H-pyrrole nitrogens is 1. The molecule has 1 aromatic heterocycles. The number of aromatic amines is 1. The minimum atomic E-state index is -0.393. The Morgan fingerprint density at radius 1 is 1.00 bits per heavy atom. The third-order valence-electron chi connectivity index (χ3n) is 5.15. The van der Waals surface area contributed by atoms with Gasteiger partial charge in [-0.2, -0.15) is 0 Å². The Morgan fingerprint density at radius 2 is 1.61 bits per heavy atom. The highest BCUT2D eigenvalue weighted by Gasteiger charge is 2.35. The van der Waals surface area contributed by atoms with Gasteiger partial charge in [0.05, 0.1) is 18.2 Å². The maximum atomic E-state index is 13.5. The Hall–Kier alpha value is -3.34. The average molecular weight is 374 g/mol. The number of fused-ring (bicyclic) bond motifs is 3. The molecular formula is C23H22N2O3. The summed E-state index contributed by atoms with van der Waals surface area (Å²) in [6, 6.07) is 17.7. The number of aromatic nitrogens is 1. The summed E-state index contributed by atoms with van der Waals surface area (Å²) in [6.07, 6.45) is 1.49. The summed E-state index contributed by atoms with van der Waals surface area (Å²) in [5, 5.41) is 0. The monoisotopic (exact) mass is 374 g/mol. The van der Waals surface area contributed by atoms with Gasteiger partial charge < -0.3 is 14.6 Å². The largest absolute Gasteiger partial charge is 0.488 e. The SMILES string of the molecule is CCOc1c(C(=O)N(CC)C2c3ccccc3-c3ccccc32)cc[nH]c1=O. The molecule has 0 radical (unpaired) electrons. The molecular weight excluding hydrogens is 352 g/mol. The number of rotatable bonds is 5. The first kappa shape index (κ1) is 18.0. The zero-order valence-corrected chi connectivity index (χ0v) is 15.9. The topological polar surface area (TPSA) is 62.4 Å². The predicted octanol–water partition coefficient (Wildman–Crippen LogP) is 4.01.